The molecule has 0 fully saturated rings. The highest BCUT2D eigenvalue weighted by atomic mass is 19.1. The molecule has 0 aliphatic heterocycles. The largest absolute Gasteiger partial charge is 0.479 e. The van der Waals surface area contributed by atoms with E-state index in [2.05, 4.69) is 9.72 Å². The molecule has 5 heteroatoms. The molecule has 78 valence electrons. The van der Waals surface area contributed by atoms with Crippen molar-refractivity contribution in [3.8, 4) is 5.88 Å². The Morgan fingerprint density at radius 1 is 1.71 bits per heavy atom. The van der Waals surface area contributed by atoms with E-state index < -0.39 is 11.4 Å². The second-order valence-electron chi connectivity index (χ2n) is 3.16. The number of rotatable bonds is 3. The number of pyridine rings is 1. The maximum Gasteiger partial charge on any atom is 0.250 e. The molecule has 0 aliphatic carbocycles. The zero-order valence-electron chi connectivity index (χ0n) is 8.12. The number of aliphatic hydroxyl groups is 1. The van der Waals surface area contributed by atoms with Crippen molar-refractivity contribution in [1.29, 1.82) is 0 Å². The van der Waals surface area contributed by atoms with Gasteiger partial charge in [-0.05, 0) is 13.0 Å². The zero-order chi connectivity index (χ0) is 10.8. The lowest BCUT2D eigenvalue weighted by atomic mass is 9.97. The van der Waals surface area contributed by atoms with Crippen molar-refractivity contribution in [3.05, 3.63) is 23.6 Å². The normalized spacial score (nSPS) is 14.9. The number of hydrogen-bond acceptors (Lipinski definition) is 4. The van der Waals surface area contributed by atoms with Crippen LogP contribution in [0.5, 0.6) is 5.88 Å². The van der Waals surface area contributed by atoms with Crippen LogP contribution in [0.2, 0.25) is 0 Å². The van der Waals surface area contributed by atoms with Crippen molar-refractivity contribution < 1.29 is 14.2 Å². The van der Waals surface area contributed by atoms with E-state index in [0.717, 1.165) is 0 Å². The average Bonchev–Trinajstić information content (AvgIpc) is 2.18. The molecule has 14 heavy (non-hydrogen) atoms. The van der Waals surface area contributed by atoms with E-state index in [0.29, 0.717) is 0 Å². The number of methoxy groups -OCH3 is 1. The highest BCUT2D eigenvalue weighted by Gasteiger charge is 2.26. The molecule has 0 bridgehead atoms. The van der Waals surface area contributed by atoms with E-state index in [-0.39, 0.29) is 18.0 Å². The predicted octanol–water partition coefficient (Wildman–Crippen LogP) is 0.396. The standard InChI is InChI=1S/C9H13FN2O2/c1-9(13,5-11)6-3-4-12-8(14-2)7(6)10/h3-4,13H,5,11H2,1-2H3. The lowest BCUT2D eigenvalue weighted by Gasteiger charge is -2.22. The summed E-state index contributed by atoms with van der Waals surface area (Å²) in [4.78, 5) is 3.66. The predicted molar refractivity (Wildman–Crippen MR) is 49.4 cm³/mol. The van der Waals surface area contributed by atoms with E-state index in [9.17, 15) is 9.50 Å². The molecule has 1 aromatic rings. The molecule has 0 aromatic carbocycles. The molecule has 0 saturated carbocycles. The third-order valence-electron chi connectivity index (χ3n) is 2.03. The fourth-order valence-electron chi connectivity index (χ4n) is 1.09. The van der Waals surface area contributed by atoms with Gasteiger partial charge >= 0.3 is 0 Å². The van der Waals surface area contributed by atoms with Gasteiger partial charge in [-0.25, -0.2) is 9.37 Å². The van der Waals surface area contributed by atoms with Crippen LogP contribution < -0.4 is 10.5 Å². The van der Waals surface area contributed by atoms with Crippen molar-refractivity contribution in [2.24, 2.45) is 5.73 Å². The van der Waals surface area contributed by atoms with Gasteiger partial charge in [-0.3, -0.25) is 0 Å². The van der Waals surface area contributed by atoms with Crippen molar-refractivity contribution >= 4 is 0 Å². The Hall–Kier alpha value is -1.20. The maximum absolute atomic E-state index is 13.6. The van der Waals surface area contributed by atoms with Gasteiger partial charge < -0.3 is 15.6 Å². The first kappa shape index (κ1) is 10.9. The Kier molecular flexibility index (Phi) is 3.03. The smallest absolute Gasteiger partial charge is 0.250 e. The van der Waals surface area contributed by atoms with Crippen LogP contribution in [0.15, 0.2) is 12.3 Å². The lowest BCUT2D eigenvalue weighted by molar-refractivity contribution is 0.0621. The van der Waals surface area contributed by atoms with E-state index in [1.807, 2.05) is 0 Å². The maximum atomic E-state index is 13.6. The highest BCUT2D eigenvalue weighted by Crippen LogP contribution is 2.26. The van der Waals surface area contributed by atoms with E-state index in [4.69, 9.17) is 5.73 Å². The minimum Gasteiger partial charge on any atom is -0.479 e. The Labute approximate surface area is 81.5 Å². The molecule has 1 rings (SSSR count). The van der Waals surface area contributed by atoms with Gasteiger partial charge in [0.05, 0.1) is 7.11 Å². The first-order valence-corrected chi connectivity index (χ1v) is 4.14. The number of aromatic nitrogens is 1. The van der Waals surface area contributed by atoms with Crippen LogP contribution in [0, 0.1) is 5.82 Å². The van der Waals surface area contributed by atoms with Gasteiger partial charge in [0, 0.05) is 18.3 Å². The average molecular weight is 200 g/mol. The number of hydrogen-bond donors (Lipinski definition) is 2. The van der Waals surface area contributed by atoms with Crippen LogP contribution in [0.4, 0.5) is 4.39 Å². The van der Waals surface area contributed by atoms with E-state index in [1.165, 1.54) is 26.3 Å². The minimum atomic E-state index is -1.40. The van der Waals surface area contributed by atoms with Gasteiger partial charge in [-0.15, -0.1) is 0 Å². The van der Waals surface area contributed by atoms with E-state index >= 15 is 0 Å². The second-order valence-corrected chi connectivity index (χ2v) is 3.16. The zero-order valence-corrected chi connectivity index (χ0v) is 8.12. The lowest BCUT2D eigenvalue weighted by Crippen LogP contribution is -2.32. The summed E-state index contributed by atoms with van der Waals surface area (Å²) < 4.78 is 18.2. The SMILES string of the molecule is COc1nccc(C(C)(O)CN)c1F. The van der Waals surface area contributed by atoms with Crippen LogP contribution in [0.25, 0.3) is 0 Å². The second kappa shape index (κ2) is 3.89. The van der Waals surface area contributed by atoms with Gasteiger partial charge in [0.25, 0.3) is 0 Å². The Morgan fingerprint density at radius 3 is 2.86 bits per heavy atom. The van der Waals surface area contributed by atoms with Gasteiger partial charge in [-0.1, -0.05) is 0 Å². The fourth-order valence-corrected chi connectivity index (χ4v) is 1.09. The monoisotopic (exact) mass is 200 g/mol. The van der Waals surface area contributed by atoms with Crippen molar-refractivity contribution in [2.75, 3.05) is 13.7 Å². The van der Waals surface area contributed by atoms with Crippen molar-refractivity contribution in [3.63, 3.8) is 0 Å². The Bertz CT molecular complexity index is 329. The number of nitrogens with zero attached hydrogens (tertiary/aromatic N) is 1. The number of halogens is 1. The molecule has 0 saturated heterocycles. The first-order chi connectivity index (χ1) is 6.53. The van der Waals surface area contributed by atoms with Crippen molar-refractivity contribution in [1.82, 2.24) is 4.98 Å². The molecule has 3 N–H and O–H groups in total. The summed E-state index contributed by atoms with van der Waals surface area (Å²) in [7, 11) is 1.31. The minimum absolute atomic E-state index is 0.0723. The molecule has 1 unspecified atom stereocenters. The van der Waals surface area contributed by atoms with Gasteiger partial charge in [0.1, 0.15) is 5.60 Å². The molecular weight excluding hydrogens is 187 g/mol. The third kappa shape index (κ3) is 1.83. The summed E-state index contributed by atoms with van der Waals surface area (Å²) in [5, 5.41) is 9.75. The summed E-state index contributed by atoms with van der Waals surface area (Å²) in [6.07, 6.45) is 1.36. The van der Waals surface area contributed by atoms with Gasteiger partial charge in [0.15, 0.2) is 5.82 Å². The third-order valence-corrected chi connectivity index (χ3v) is 2.03. The summed E-state index contributed by atoms with van der Waals surface area (Å²) in [5.74, 6) is -0.818. The molecule has 4 nitrogen and oxygen atoms in total. The summed E-state index contributed by atoms with van der Waals surface area (Å²) in [6.45, 7) is 1.36. The molecule has 1 aromatic heterocycles. The topological polar surface area (TPSA) is 68.4 Å². The quantitative estimate of drug-likeness (QED) is 0.740. The molecule has 1 heterocycles. The number of nitrogens with two attached hydrogens (primary N) is 1. The van der Waals surface area contributed by atoms with Crippen LogP contribution in [0.1, 0.15) is 12.5 Å². The summed E-state index contributed by atoms with van der Waals surface area (Å²) in [6, 6.07) is 1.38. The van der Waals surface area contributed by atoms with Crippen LogP contribution in [-0.4, -0.2) is 23.7 Å². The van der Waals surface area contributed by atoms with Crippen LogP contribution in [0.3, 0.4) is 0 Å². The van der Waals surface area contributed by atoms with Crippen LogP contribution in [-0.2, 0) is 5.60 Å². The summed E-state index contributed by atoms with van der Waals surface area (Å²) in [5.41, 5.74) is 4.01. The summed E-state index contributed by atoms with van der Waals surface area (Å²) >= 11 is 0. The Balaban J connectivity index is 3.22. The fraction of sp³-hybridized carbons (Fsp3) is 0.444. The number of ether oxygens (including phenoxy) is 1. The Morgan fingerprint density at radius 2 is 2.36 bits per heavy atom. The first-order valence-electron chi connectivity index (χ1n) is 4.14. The molecular formula is C9H13FN2O2. The van der Waals surface area contributed by atoms with Gasteiger partial charge in [-0.2, -0.15) is 0 Å². The van der Waals surface area contributed by atoms with Crippen molar-refractivity contribution in [2.45, 2.75) is 12.5 Å². The van der Waals surface area contributed by atoms with Crippen LogP contribution >= 0.6 is 0 Å². The van der Waals surface area contributed by atoms with Gasteiger partial charge in [0.2, 0.25) is 5.88 Å². The molecule has 0 spiro atoms. The molecule has 1 atom stereocenters. The van der Waals surface area contributed by atoms with E-state index in [1.54, 1.807) is 0 Å². The highest BCUT2D eigenvalue weighted by molar-refractivity contribution is 5.28. The molecule has 0 radical (unpaired) electrons. The molecule has 0 aliphatic rings. The molecule has 0 amide bonds.